The van der Waals surface area contributed by atoms with Crippen LogP contribution in [0.3, 0.4) is 0 Å². The van der Waals surface area contributed by atoms with Crippen molar-refractivity contribution in [3.05, 3.63) is 23.8 Å². The van der Waals surface area contributed by atoms with Crippen LogP contribution in [-0.4, -0.2) is 118 Å². The largest absolute Gasteiger partial charge is 0.502 e. The Morgan fingerprint density at radius 3 is 2.29 bits per heavy atom. The number of ether oxygens (including phenoxy) is 5. The molecule has 13 heteroatoms. The molecule has 0 spiro atoms. The number of hydrogen-bond donors (Lipinski definition) is 7. The van der Waals surface area contributed by atoms with Gasteiger partial charge in [0.1, 0.15) is 42.7 Å². The first-order chi connectivity index (χ1) is 16.4. The molecule has 1 heterocycles. The van der Waals surface area contributed by atoms with Gasteiger partial charge in [-0.05, 0) is 30.7 Å². The highest BCUT2D eigenvalue weighted by atomic mass is 16.7. The maximum atomic E-state index is 12.1. The lowest BCUT2D eigenvalue weighted by Crippen LogP contribution is -2.60. The van der Waals surface area contributed by atoms with Gasteiger partial charge in [0, 0.05) is 6.08 Å². The molecule has 13 nitrogen and oxygen atoms in total. The molecular formula is C22H32O13. The summed E-state index contributed by atoms with van der Waals surface area (Å²) in [5.41, 5.74) is -1.45. The van der Waals surface area contributed by atoms with Crippen molar-refractivity contribution in [3.8, 4) is 17.2 Å². The maximum Gasteiger partial charge on any atom is 0.330 e. The van der Waals surface area contributed by atoms with Crippen molar-refractivity contribution in [2.24, 2.45) is 0 Å². The summed E-state index contributed by atoms with van der Waals surface area (Å²) < 4.78 is 25.7. The fourth-order valence-corrected chi connectivity index (χ4v) is 3.12. The molecule has 0 saturated carbocycles. The number of aromatic hydroxyl groups is 1. The van der Waals surface area contributed by atoms with Gasteiger partial charge in [0.15, 0.2) is 17.8 Å². The van der Waals surface area contributed by atoms with Gasteiger partial charge in [-0.2, -0.15) is 0 Å². The van der Waals surface area contributed by atoms with Crippen LogP contribution in [0.15, 0.2) is 18.2 Å². The monoisotopic (exact) mass is 504 g/mol. The minimum atomic E-state index is -1.90. The van der Waals surface area contributed by atoms with E-state index < -0.39 is 68.2 Å². The van der Waals surface area contributed by atoms with Gasteiger partial charge < -0.3 is 59.4 Å². The summed E-state index contributed by atoms with van der Waals surface area (Å²) in [5, 5.41) is 69.0. The number of esters is 1. The third-order valence-corrected chi connectivity index (χ3v) is 5.40. The molecular weight excluding hydrogens is 472 g/mol. The van der Waals surface area contributed by atoms with Gasteiger partial charge in [-0.1, -0.05) is 0 Å². The lowest BCUT2D eigenvalue weighted by Gasteiger charge is -2.41. The van der Waals surface area contributed by atoms with Crippen molar-refractivity contribution in [2.75, 3.05) is 34.0 Å². The van der Waals surface area contributed by atoms with Crippen LogP contribution in [0.25, 0.3) is 6.08 Å². The van der Waals surface area contributed by atoms with Crippen LogP contribution in [0.1, 0.15) is 12.5 Å². The average Bonchev–Trinajstić information content (AvgIpc) is 2.84. The summed E-state index contributed by atoms with van der Waals surface area (Å²) in [6.45, 7) is -0.680. The first kappa shape index (κ1) is 28.7. The second-order valence-electron chi connectivity index (χ2n) is 8.12. The van der Waals surface area contributed by atoms with Gasteiger partial charge in [0.05, 0.1) is 27.4 Å². The molecule has 1 aromatic rings. The summed E-state index contributed by atoms with van der Waals surface area (Å²) in [6.07, 6.45) is -7.01. The molecule has 1 fully saturated rings. The quantitative estimate of drug-likeness (QED) is 0.127. The van der Waals surface area contributed by atoms with Crippen molar-refractivity contribution in [1.29, 1.82) is 0 Å². The third-order valence-electron chi connectivity index (χ3n) is 5.40. The molecule has 0 amide bonds. The Balaban J connectivity index is 1.99. The minimum Gasteiger partial charge on any atom is -0.502 e. The third kappa shape index (κ3) is 7.25. The lowest BCUT2D eigenvalue weighted by molar-refractivity contribution is -0.311. The molecule has 35 heavy (non-hydrogen) atoms. The Morgan fingerprint density at radius 2 is 1.74 bits per heavy atom. The number of aliphatic hydroxyl groups is 6. The molecule has 0 unspecified atom stereocenters. The molecule has 0 aromatic heterocycles. The normalized spacial score (nSPS) is 27.3. The predicted molar refractivity (Wildman–Crippen MR) is 118 cm³/mol. The second-order valence-corrected chi connectivity index (χ2v) is 8.12. The molecule has 7 N–H and O–H groups in total. The smallest absolute Gasteiger partial charge is 0.330 e. The van der Waals surface area contributed by atoms with E-state index in [1.165, 1.54) is 39.4 Å². The number of rotatable bonds is 11. The molecule has 1 aromatic carbocycles. The summed E-state index contributed by atoms with van der Waals surface area (Å²) >= 11 is 0. The first-order valence-electron chi connectivity index (χ1n) is 10.6. The van der Waals surface area contributed by atoms with Gasteiger partial charge in [0.2, 0.25) is 5.75 Å². The summed E-state index contributed by atoms with van der Waals surface area (Å²) in [6, 6.07) is 2.91. The van der Waals surface area contributed by atoms with Crippen LogP contribution in [0.4, 0.5) is 0 Å². The van der Waals surface area contributed by atoms with E-state index in [1.807, 2.05) is 0 Å². The Morgan fingerprint density at radius 1 is 1.14 bits per heavy atom. The van der Waals surface area contributed by atoms with Crippen LogP contribution < -0.4 is 9.47 Å². The van der Waals surface area contributed by atoms with Gasteiger partial charge in [-0.25, -0.2) is 4.79 Å². The Bertz CT molecular complexity index is 846. The first-order valence-corrected chi connectivity index (χ1v) is 10.6. The highest BCUT2D eigenvalue weighted by Crippen LogP contribution is 2.37. The van der Waals surface area contributed by atoms with Gasteiger partial charge in [0.25, 0.3) is 0 Å². The highest BCUT2D eigenvalue weighted by Gasteiger charge is 2.45. The summed E-state index contributed by atoms with van der Waals surface area (Å²) in [7, 11) is 2.70. The van der Waals surface area contributed by atoms with Crippen molar-refractivity contribution in [2.45, 2.75) is 49.3 Å². The van der Waals surface area contributed by atoms with Gasteiger partial charge in [-0.3, -0.25) is 0 Å². The number of benzene rings is 1. The van der Waals surface area contributed by atoms with Gasteiger partial charge in [-0.15, -0.1) is 0 Å². The summed E-state index contributed by atoms with van der Waals surface area (Å²) in [4.78, 5) is 12.1. The topological polar surface area (TPSA) is 205 Å². The maximum absolute atomic E-state index is 12.1. The van der Waals surface area contributed by atoms with Crippen molar-refractivity contribution < 1.29 is 64.2 Å². The number of carbonyl (C=O) groups excluding carboxylic acids is 1. The van der Waals surface area contributed by atoms with Crippen LogP contribution >= 0.6 is 0 Å². The Hall–Kier alpha value is -2.49. The van der Waals surface area contributed by atoms with E-state index in [0.717, 1.165) is 6.08 Å². The number of methoxy groups -OCH3 is 2. The molecule has 2 rings (SSSR count). The van der Waals surface area contributed by atoms with E-state index in [2.05, 4.69) is 0 Å². The van der Waals surface area contributed by atoms with Gasteiger partial charge >= 0.3 is 5.97 Å². The zero-order valence-corrected chi connectivity index (χ0v) is 19.5. The van der Waals surface area contributed by atoms with Crippen molar-refractivity contribution >= 4 is 12.0 Å². The Labute approximate surface area is 201 Å². The molecule has 198 valence electrons. The number of phenols is 1. The number of hydrogen-bond acceptors (Lipinski definition) is 13. The Kier molecular flexibility index (Phi) is 10.2. The van der Waals surface area contributed by atoms with E-state index >= 15 is 0 Å². The van der Waals surface area contributed by atoms with Crippen molar-refractivity contribution in [3.63, 3.8) is 0 Å². The van der Waals surface area contributed by atoms with E-state index in [-0.39, 0.29) is 17.2 Å². The second kappa shape index (κ2) is 12.5. The molecule has 0 radical (unpaired) electrons. The zero-order valence-electron chi connectivity index (χ0n) is 19.5. The molecule has 1 aliphatic rings. The number of aliphatic hydroxyl groups excluding tert-OH is 5. The standard InChI is InChI=1S/C22H32O13/c1-22(30,15(24)8-23)10-34-21-20(29)19(28)18(27)14(35-21)9-33-16(25)5-4-11-6-12(31-2)17(26)13(7-11)32-3/h4-7,14-15,18-21,23-24,26-30H,8-10H2,1-3H3/t14-,15-,18-,19+,20-,21+,22+/m1/s1. The molecule has 1 saturated heterocycles. The molecule has 0 aliphatic carbocycles. The van der Waals surface area contributed by atoms with Crippen LogP contribution in [0.2, 0.25) is 0 Å². The number of carbonyl (C=O) groups is 1. The predicted octanol–water partition coefficient (Wildman–Crippen LogP) is -2.11. The van der Waals surface area contributed by atoms with Crippen LogP contribution in [0, 0.1) is 0 Å². The minimum absolute atomic E-state index is 0.125. The fraction of sp³-hybridized carbons (Fsp3) is 0.591. The molecule has 0 bridgehead atoms. The summed E-state index contributed by atoms with van der Waals surface area (Å²) in [5.74, 6) is -0.790. The van der Waals surface area contributed by atoms with E-state index in [1.54, 1.807) is 0 Å². The van der Waals surface area contributed by atoms with E-state index in [9.17, 15) is 35.4 Å². The fourth-order valence-electron chi connectivity index (χ4n) is 3.12. The van der Waals surface area contributed by atoms with Crippen LogP contribution in [0.5, 0.6) is 17.2 Å². The number of phenolic OH excluding ortho intramolecular Hbond substituents is 1. The SMILES string of the molecule is COc1cc(C=CC(=O)OC[C@H]2O[C@H](OC[C@](C)(O)[C@H](O)CO)[C@H](O)[C@@H](O)[C@@H]2O)cc(OC)c1O. The molecule has 1 aliphatic heterocycles. The highest BCUT2D eigenvalue weighted by molar-refractivity contribution is 5.87. The van der Waals surface area contributed by atoms with E-state index in [0.29, 0.717) is 5.56 Å². The average molecular weight is 504 g/mol. The van der Waals surface area contributed by atoms with Crippen LogP contribution in [-0.2, 0) is 19.0 Å². The zero-order chi connectivity index (χ0) is 26.3. The lowest BCUT2D eigenvalue weighted by atomic mass is 9.98. The van der Waals surface area contributed by atoms with Crippen molar-refractivity contribution in [1.82, 2.24) is 0 Å². The van der Waals surface area contributed by atoms with E-state index in [4.69, 9.17) is 28.8 Å². The molecule has 7 atom stereocenters.